The summed E-state index contributed by atoms with van der Waals surface area (Å²) in [7, 11) is 0. The highest BCUT2D eigenvalue weighted by atomic mass is 32.2. The predicted molar refractivity (Wildman–Crippen MR) is 63.4 cm³/mol. The third-order valence-corrected chi connectivity index (χ3v) is 3.65. The van der Waals surface area contributed by atoms with E-state index in [-0.39, 0.29) is 0 Å². The van der Waals surface area contributed by atoms with Crippen molar-refractivity contribution in [1.82, 2.24) is 4.90 Å². The first-order chi connectivity index (χ1) is 6.92. The molecule has 3 heteroatoms. The molecule has 0 radical (unpaired) electrons. The van der Waals surface area contributed by atoms with Crippen molar-refractivity contribution >= 4 is 16.9 Å². The molecule has 78 valence electrons. The molecule has 0 aromatic rings. The summed E-state index contributed by atoms with van der Waals surface area (Å²) in [6, 6.07) is 0. The molecule has 2 rings (SSSR count). The molecule has 2 aliphatic rings. The van der Waals surface area contributed by atoms with E-state index in [1.165, 1.54) is 49.5 Å². The lowest BCUT2D eigenvalue weighted by molar-refractivity contribution is 0.487. The van der Waals surface area contributed by atoms with Crippen molar-refractivity contribution in [3.05, 3.63) is 11.1 Å². The second kappa shape index (κ2) is 4.87. The van der Waals surface area contributed by atoms with Crippen LogP contribution in [-0.4, -0.2) is 23.2 Å². The van der Waals surface area contributed by atoms with Crippen LogP contribution in [0.15, 0.2) is 16.1 Å². The second-order valence-corrected chi connectivity index (χ2v) is 4.69. The van der Waals surface area contributed by atoms with Crippen LogP contribution in [0.25, 0.3) is 0 Å². The molecule has 0 spiro atoms. The van der Waals surface area contributed by atoms with E-state index in [0.717, 1.165) is 6.54 Å². The van der Waals surface area contributed by atoms with E-state index in [0.29, 0.717) is 0 Å². The van der Waals surface area contributed by atoms with Crippen molar-refractivity contribution in [3.8, 4) is 0 Å². The van der Waals surface area contributed by atoms with Crippen molar-refractivity contribution in [1.29, 1.82) is 0 Å². The Morgan fingerprint density at radius 1 is 1.50 bits per heavy atom. The summed E-state index contributed by atoms with van der Waals surface area (Å²) >= 11 is 1.81. The predicted octanol–water partition coefficient (Wildman–Crippen LogP) is 3.22. The average molecular weight is 210 g/mol. The fourth-order valence-corrected chi connectivity index (χ4v) is 2.83. The maximum atomic E-state index is 4.60. The van der Waals surface area contributed by atoms with Gasteiger partial charge in [-0.3, -0.25) is 4.99 Å². The van der Waals surface area contributed by atoms with Crippen LogP contribution in [0.1, 0.15) is 39.0 Å². The lowest BCUT2D eigenvalue weighted by atomic mass is 10.2. The van der Waals surface area contributed by atoms with Gasteiger partial charge in [0.15, 0.2) is 5.17 Å². The maximum absolute atomic E-state index is 4.60. The number of aliphatic imine (C=N–C) groups is 1. The van der Waals surface area contributed by atoms with Gasteiger partial charge in [0.2, 0.25) is 0 Å². The number of rotatable bonds is 3. The SMILES string of the molecule is CCCCC1=CSC2=NCCCCN12. The molecule has 14 heavy (non-hydrogen) atoms. The molecule has 0 amide bonds. The van der Waals surface area contributed by atoms with E-state index in [1.54, 1.807) is 0 Å². The Balaban J connectivity index is 1.99. The summed E-state index contributed by atoms with van der Waals surface area (Å²) in [6.07, 6.45) is 6.35. The quantitative estimate of drug-likeness (QED) is 0.711. The number of hydrogen-bond acceptors (Lipinski definition) is 3. The fourth-order valence-electron chi connectivity index (χ4n) is 1.84. The van der Waals surface area contributed by atoms with Crippen LogP contribution in [0, 0.1) is 0 Å². The van der Waals surface area contributed by atoms with E-state index in [9.17, 15) is 0 Å². The Morgan fingerprint density at radius 3 is 3.29 bits per heavy atom. The first-order valence-corrected chi connectivity index (χ1v) is 6.47. The van der Waals surface area contributed by atoms with Crippen molar-refractivity contribution in [2.45, 2.75) is 39.0 Å². The minimum atomic E-state index is 1.02. The summed E-state index contributed by atoms with van der Waals surface area (Å²) in [6.45, 7) is 4.45. The first kappa shape index (κ1) is 10.1. The minimum Gasteiger partial charge on any atom is -0.324 e. The maximum Gasteiger partial charge on any atom is 0.167 e. The molecule has 0 N–H and O–H groups in total. The smallest absolute Gasteiger partial charge is 0.167 e. The van der Waals surface area contributed by atoms with Crippen molar-refractivity contribution in [3.63, 3.8) is 0 Å². The molecule has 0 bridgehead atoms. The van der Waals surface area contributed by atoms with Crippen LogP contribution in [0.3, 0.4) is 0 Å². The van der Waals surface area contributed by atoms with E-state index in [4.69, 9.17) is 0 Å². The van der Waals surface area contributed by atoms with Crippen LogP contribution in [0.5, 0.6) is 0 Å². The lowest BCUT2D eigenvalue weighted by Crippen LogP contribution is -2.24. The highest BCUT2D eigenvalue weighted by molar-refractivity contribution is 8.16. The monoisotopic (exact) mass is 210 g/mol. The molecular weight excluding hydrogens is 192 g/mol. The molecular formula is C11H18N2S. The molecule has 0 aromatic heterocycles. The molecule has 0 unspecified atom stereocenters. The number of allylic oxidation sites excluding steroid dienone is 1. The molecule has 2 aliphatic heterocycles. The van der Waals surface area contributed by atoms with Gasteiger partial charge in [-0.05, 0) is 31.1 Å². The summed E-state index contributed by atoms with van der Waals surface area (Å²) < 4.78 is 0. The largest absolute Gasteiger partial charge is 0.324 e. The first-order valence-electron chi connectivity index (χ1n) is 5.59. The molecule has 0 fully saturated rings. The Bertz CT molecular complexity index is 258. The molecule has 2 heterocycles. The lowest BCUT2D eigenvalue weighted by Gasteiger charge is -2.20. The van der Waals surface area contributed by atoms with Gasteiger partial charge in [0, 0.05) is 18.8 Å². The van der Waals surface area contributed by atoms with Gasteiger partial charge in [-0.25, -0.2) is 0 Å². The molecule has 0 atom stereocenters. The molecule has 0 aliphatic carbocycles. The third-order valence-electron chi connectivity index (χ3n) is 2.70. The fraction of sp³-hybridized carbons (Fsp3) is 0.727. The molecule has 2 nitrogen and oxygen atoms in total. The second-order valence-electron chi connectivity index (χ2n) is 3.85. The summed E-state index contributed by atoms with van der Waals surface area (Å²) in [5.41, 5.74) is 1.50. The normalized spacial score (nSPS) is 21.4. The van der Waals surface area contributed by atoms with Gasteiger partial charge in [0.05, 0.1) is 0 Å². The van der Waals surface area contributed by atoms with Gasteiger partial charge in [0.1, 0.15) is 0 Å². The van der Waals surface area contributed by atoms with Crippen LogP contribution in [0.2, 0.25) is 0 Å². The Morgan fingerprint density at radius 2 is 2.43 bits per heavy atom. The van der Waals surface area contributed by atoms with Gasteiger partial charge in [-0.15, -0.1) is 0 Å². The minimum absolute atomic E-state index is 1.02. The van der Waals surface area contributed by atoms with Crippen LogP contribution in [0.4, 0.5) is 0 Å². The molecule has 0 saturated heterocycles. The van der Waals surface area contributed by atoms with Crippen molar-refractivity contribution < 1.29 is 0 Å². The van der Waals surface area contributed by atoms with Gasteiger partial charge in [0.25, 0.3) is 0 Å². The van der Waals surface area contributed by atoms with E-state index < -0.39 is 0 Å². The summed E-state index contributed by atoms with van der Waals surface area (Å²) in [5.74, 6) is 0. The van der Waals surface area contributed by atoms with Crippen molar-refractivity contribution in [2.24, 2.45) is 4.99 Å². The highest BCUT2D eigenvalue weighted by Gasteiger charge is 2.22. The molecule has 0 saturated carbocycles. The van der Waals surface area contributed by atoms with E-state index in [1.807, 2.05) is 11.8 Å². The van der Waals surface area contributed by atoms with Crippen LogP contribution >= 0.6 is 11.8 Å². The van der Waals surface area contributed by atoms with Gasteiger partial charge >= 0.3 is 0 Å². The van der Waals surface area contributed by atoms with Crippen LogP contribution < -0.4 is 0 Å². The number of hydrogen-bond donors (Lipinski definition) is 0. The standard InChI is InChI=1S/C11H18N2S/c1-2-3-6-10-9-14-11-12-7-4-5-8-13(10)11/h9H,2-8H2,1H3. The zero-order chi connectivity index (χ0) is 9.80. The zero-order valence-corrected chi connectivity index (χ0v) is 9.65. The van der Waals surface area contributed by atoms with Gasteiger partial charge < -0.3 is 4.90 Å². The third kappa shape index (κ3) is 2.14. The number of unbranched alkanes of at least 4 members (excludes halogenated alkanes) is 1. The van der Waals surface area contributed by atoms with E-state index >= 15 is 0 Å². The van der Waals surface area contributed by atoms with Crippen molar-refractivity contribution in [2.75, 3.05) is 13.1 Å². The van der Waals surface area contributed by atoms with Crippen LogP contribution in [-0.2, 0) is 0 Å². The molecule has 0 aromatic carbocycles. The number of amidine groups is 1. The zero-order valence-electron chi connectivity index (χ0n) is 8.83. The number of nitrogens with zero attached hydrogens (tertiary/aromatic N) is 2. The Labute approximate surface area is 90.5 Å². The number of thioether (sulfide) groups is 1. The Hall–Kier alpha value is -0.440. The topological polar surface area (TPSA) is 15.6 Å². The van der Waals surface area contributed by atoms with Gasteiger partial charge in [-0.2, -0.15) is 0 Å². The highest BCUT2D eigenvalue weighted by Crippen LogP contribution is 2.30. The van der Waals surface area contributed by atoms with E-state index in [2.05, 4.69) is 22.2 Å². The Kier molecular flexibility index (Phi) is 3.51. The average Bonchev–Trinajstić information content (AvgIpc) is 2.45. The van der Waals surface area contributed by atoms with Gasteiger partial charge in [-0.1, -0.05) is 25.1 Å². The summed E-state index contributed by atoms with van der Waals surface area (Å²) in [4.78, 5) is 7.02. The number of fused-ring (bicyclic) bond motifs is 1. The summed E-state index contributed by atoms with van der Waals surface area (Å²) in [5, 5.41) is 3.54.